The van der Waals surface area contributed by atoms with Crippen LogP contribution in [0.5, 0.6) is 5.75 Å². The molecule has 1 aromatic rings. The lowest BCUT2D eigenvalue weighted by atomic mass is 10.2. The van der Waals surface area contributed by atoms with Crippen molar-refractivity contribution in [3.63, 3.8) is 0 Å². The number of ether oxygens (including phenoxy) is 2. The zero-order chi connectivity index (χ0) is 15.9. The summed E-state index contributed by atoms with van der Waals surface area (Å²) in [5.41, 5.74) is 1.02. The van der Waals surface area contributed by atoms with Gasteiger partial charge >= 0.3 is 5.97 Å². The Kier molecular flexibility index (Phi) is 6.21. The van der Waals surface area contributed by atoms with Crippen molar-refractivity contribution in [3.05, 3.63) is 29.8 Å². The molecule has 5 nitrogen and oxygen atoms in total. The lowest BCUT2D eigenvalue weighted by Gasteiger charge is -2.30. The molecule has 1 unspecified atom stereocenters. The van der Waals surface area contributed by atoms with Gasteiger partial charge < -0.3 is 14.4 Å². The number of quaternary nitrogens is 1. The molecule has 0 bridgehead atoms. The molecule has 0 spiro atoms. The molecule has 1 fully saturated rings. The van der Waals surface area contributed by atoms with Gasteiger partial charge in [-0.05, 0) is 32.5 Å². The van der Waals surface area contributed by atoms with Gasteiger partial charge in [-0.2, -0.15) is 0 Å². The van der Waals surface area contributed by atoms with Crippen LogP contribution in [-0.2, 0) is 9.53 Å². The second-order valence-electron chi connectivity index (χ2n) is 6.11. The number of piperazine rings is 1. The summed E-state index contributed by atoms with van der Waals surface area (Å²) in [5.74, 6) is 0.432. The van der Waals surface area contributed by atoms with E-state index >= 15 is 0 Å². The Morgan fingerprint density at radius 3 is 2.68 bits per heavy atom. The maximum absolute atomic E-state index is 11.9. The van der Waals surface area contributed by atoms with Crippen LogP contribution in [0.25, 0.3) is 0 Å². The van der Waals surface area contributed by atoms with E-state index in [4.69, 9.17) is 9.47 Å². The highest BCUT2D eigenvalue weighted by Gasteiger charge is 2.21. The summed E-state index contributed by atoms with van der Waals surface area (Å²) in [6.45, 7) is 9.17. The normalized spacial score (nSPS) is 18.0. The van der Waals surface area contributed by atoms with Crippen molar-refractivity contribution in [1.82, 2.24) is 4.90 Å². The molecule has 5 heteroatoms. The molecular formula is C17H27N2O3+. The number of para-hydroxylation sites is 1. The van der Waals surface area contributed by atoms with Gasteiger partial charge in [0.2, 0.25) is 0 Å². The lowest BCUT2D eigenvalue weighted by Crippen LogP contribution is -3.15. The number of nitrogens with one attached hydrogen (secondary N) is 1. The Morgan fingerprint density at radius 2 is 2.00 bits per heavy atom. The van der Waals surface area contributed by atoms with Crippen molar-refractivity contribution >= 4 is 5.97 Å². The lowest BCUT2D eigenvalue weighted by molar-refractivity contribution is -0.907. The molecule has 1 atom stereocenters. The van der Waals surface area contributed by atoms with E-state index in [0.29, 0.717) is 0 Å². The Morgan fingerprint density at radius 1 is 1.32 bits per heavy atom. The first kappa shape index (κ1) is 16.8. The van der Waals surface area contributed by atoms with Gasteiger partial charge in [0.05, 0.1) is 13.1 Å². The molecule has 122 valence electrons. The number of nitrogens with zero attached hydrogens (tertiary/aromatic N) is 1. The van der Waals surface area contributed by atoms with Gasteiger partial charge in [0.1, 0.15) is 18.4 Å². The topological polar surface area (TPSA) is 43.2 Å². The molecule has 0 aromatic heterocycles. The molecule has 22 heavy (non-hydrogen) atoms. The number of esters is 1. The van der Waals surface area contributed by atoms with E-state index in [1.54, 1.807) is 0 Å². The first-order valence-corrected chi connectivity index (χ1v) is 7.94. The highest BCUT2D eigenvalue weighted by Crippen LogP contribution is 2.15. The van der Waals surface area contributed by atoms with Crippen LogP contribution in [0.2, 0.25) is 0 Å². The summed E-state index contributed by atoms with van der Waals surface area (Å²) in [4.78, 5) is 15.7. The molecule has 0 amide bonds. The molecule has 1 N–H and O–H groups in total. The molecule has 1 aliphatic heterocycles. The first-order chi connectivity index (χ1) is 10.5. The maximum Gasteiger partial charge on any atom is 0.344 e. The predicted octanol–water partition coefficient (Wildman–Crippen LogP) is 0.136. The van der Waals surface area contributed by atoms with Crippen molar-refractivity contribution in [3.8, 4) is 5.75 Å². The summed E-state index contributed by atoms with van der Waals surface area (Å²) < 4.78 is 11.0. The Labute approximate surface area is 132 Å². The van der Waals surface area contributed by atoms with Gasteiger partial charge in [-0.1, -0.05) is 18.2 Å². The molecule has 0 aliphatic carbocycles. The number of benzene rings is 1. The number of aryl methyl sites for hydroxylation is 1. The fourth-order valence-corrected chi connectivity index (χ4v) is 2.70. The smallest absolute Gasteiger partial charge is 0.344 e. The quantitative estimate of drug-likeness (QED) is 0.759. The van der Waals surface area contributed by atoms with Gasteiger partial charge in [0.15, 0.2) is 6.61 Å². The van der Waals surface area contributed by atoms with Crippen LogP contribution in [0.15, 0.2) is 24.3 Å². The molecule has 0 saturated carbocycles. The fraction of sp³-hybridized carbons (Fsp3) is 0.588. The third kappa shape index (κ3) is 5.31. The minimum absolute atomic E-state index is 0.0345. The van der Waals surface area contributed by atoms with E-state index in [1.807, 2.05) is 38.1 Å². The SMILES string of the molecule is Cc1ccccc1OCC(=O)OC(C)C[NH+]1CCN(C)CC1. The van der Waals surface area contributed by atoms with E-state index < -0.39 is 0 Å². The van der Waals surface area contributed by atoms with E-state index in [9.17, 15) is 4.79 Å². The molecular weight excluding hydrogens is 280 g/mol. The van der Waals surface area contributed by atoms with Crippen LogP contribution < -0.4 is 9.64 Å². The van der Waals surface area contributed by atoms with Crippen LogP contribution in [-0.4, -0.2) is 63.4 Å². The Bertz CT molecular complexity index is 485. The molecule has 0 radical (unpaired) electrons. The third-order valence-electron chi connectivity index (χ3n) is 4.04. The second kappa shape index (κ2) is 8.15. The van der Waals surface area contributed by atoms with Crippen LogP contribution in [0.1, 0.15) is 12.5 Å². The highest BCUT2D eigenvalue weighted by atomic mass is 16.6. The first-order valence-electron chi connectivity index (χ1n) is 7.94. The summed E-state index contributed by atoms with van der Waals surface area (Å²) in [7, 11) is 2.14. The van der Waals surface area contributed by atoms with Crippen molar-refractivity contribution in [2.75, 3.05) is 46.4 Å². The fourth-order valence-electron chi connectivity index (χ4n) is 2.70. The van der Waals surface area contributed by atoms with Crippen molar-refractivity contribution < 1.29 is 19.2 Å². The zero-order valence-electron chi connectivity index (χ0n) is 13.8. The van der Waals surface area contributed by atoms with Gasteiger partial charge in [-0.25, -0.2) is 4.79 Å². The average Bonchev–Trinajstić information content (AvgIpc) is 2.49. The minimum Gasteiger partial charge on any atom is -0.482 e. The van der Waals surface area contributed by atoms with Gasteiger partial charge in [-0.15, -0.1) is 0 Å². The van der Waals surface area contributed by atoms with Gasteiger partial charge in [0.25, 0.3) is 0 Å². The van der Waals surface area contributed by atoms with E-state index in [-0.39, 0.29) is 18.7 Å². The van der Waals surface area contributed by atoms with E-state index in [0.717, 1.165) is 44.0 Å². The number of hydrogen-bond donors (Lipinski definition) is 1. The van der Waals surface area contributed by atoms with Gasteiger partial charge in [0, 0.05) is 13.1 Å². The zero-order valence-corrected chi connectivity index (χ0v) is 13.8. The summed E-state index contributed by atoms with van der Waals surface area (Å²) in [6.07, 6.45) is -0.0774. The molecule has 1 heterocycles. The predicted molar refractivity (Wildman–Crippen MR) is 85.3 cm³/mol. The van der Waals surface area contributed by atoms with Crippen LogP contribution in [0.3, 0.4) is 0 Å². The van der Waals surface area contributed by atoms with Crippen molar-refractivity contribution in [2.45, 2.75) is 20.0 Å². The number of likely N-dealkylation sites (N-methyl/N-ethyl adjacent to an activating group) is 1. The highest BCUT2D eigenvalue weighted by molar-refractivity contribution is 5.71. The average molecular weight is 307 g/mol. The maximum atomic E-state index is 11.9. The summed E-state index contributed by atoms with van der Waals surface area (Å²) in [6, 6.07) is 7.66. The Hall–Kier alpha value is -1.59. The summed E-state index contributed by atoms with van der Waals surface area (Å²) in [5, 5.41) is 0. The second-order valence-corrected chi connectivity index (χ2v) is 6.11. The minimum atomic E-state index is -0.302. The van der Waals surface area contributed by atoms with Crippen LogP contribution >= 0.6 is 0 Å². The van der Waals surface area contributed by atoms with Crippen molar-refractivity contribution in [2.24, 2.45) is 0 Å². The third-order valence-corrected chi connectivity index (χ3v) is 4.04. The molecule has 1 saturated heterocycles. The molecule has 1 aromatic carbocycles. The van der Waals surface area contributed by atoms with E-state index in [1.165, 1.54) is 4.90 Å². The van der Waals surface area contributed by atoms with Crippen LogP contribution in [0, 0.1) is 6.92 Å². The number of carbonyl (C=O) groups excluding carboxylic acids is 1. The molecule has 1 aliphatic rings. The summed E-state index contributed by atoms with van der Waals surface area (Å²) >= 11 is 0. The number of hydrogen-bond acceptors (Lipinski definition) is 4. The van der Waals surface area contributed by atoms with Crippen molar-refractivity contribution in [1.29, 1.82) is 0 Å². The van der Waals surface area contributed by atoms with E-state index in [2.05, 4.69) is 11.9 Å². The standard InChI is InChI=1S/C17H26N2O3/c1-14-6-4-5-7-16(14)21-13-17(20)22-15(2)12-19-10-8-18(3)9-11-19/h4-7,15H,8-13H2,1-3H3/p+1. The largest absolute Gasteiger partial charge is 0.482 e. The monoisotopic (exact) mass is 307 g/mol. The number of rotatable bonds is 6. The van der Waals surface area contributed by atoms with Crippen LogP contribution in [0.4, 0.5) is 0 Å². The van der Waals surface area contributed by atoms with Gasteiger partial charge in [-0.3, -0.25) is 4.90 Å². The molecule has 2 rings (SSSR count). The Balaban J connectivity index is 1.69. The number of carbonyl (C=O) groups is 1.